The number of carbonyl (C=O) groups excluding carboxylic acids is 1. The van der Waals surface area contributed by atoms with E-state index in [0.717, 1.165) is 5.47 Å². The largest absolute Gasteiger partial charge is 0.444 e. The predicted molar refractivity (Wildman–Crippen MR) is 109 cm³/mol. The van der Waals surface area contributed by atoms with Crippen LogP contribution >= 0.6 is 0 Å². The van der Waals surface area contributed by atoms with Gasteiger partial charge in [-0.15, -0.1) is 0 Å². The highest BCUT2D eigenvalue weighted by molar-refractivity contribution is 6.23. The first-order valence-corrected chi connectivity index (χ1v) is 9.26. The smallest absolute Gasteiger partial charge is 0.413 e. The maximum atomic E-state index is 15.2. The first-order valence-electron chi connectivity index (χ1n) is 9.26. The SMILES string of the molecule is BC1=CN2C(C(F)(F)c3ccc4nc(NC(=O)OC(C)(C)C)cn4n3)=NNC2C=C1. The summed E-state index contributed by atoms with van der Waals surface area (Å²) in [6.07, 6.45) is 5.37. The molecule has 0 aromatic carbocycles. The van der Waals surface area contributed by atoms with Crippen molar-refractivity contribution in [1.82, 2.24) is 24.9 Å². The predicted octanol–water partition coefficient (Wildman–Crippen LogP) is 1.76. The van der Waals surface area contributed by atoms with Crippen molar-refractivity contribution in [1.29, 1.82) is 0 Å². The average Bonchev–Trinajstić information content (AvgIpc) is 3.22. The molecular weight excluding hydrogens is 395 g/mol. The van der Waals surface area contributed by atoms with Crippen molar-refractivity contribution in [3.63, 3.8) is 0 Å². The second-order valence-corrected chi connectivity index (χ2v) is 8.00. The maximum absolute atomic E-state index is 15.2. The van der Waals surface area contributed by atoms with E-state index in [1.54, 1.807) is 33.0 Å². The molecule has 2 aromatic rings. The Morgan fingerprint density at radius 2 is 2.10 bits per heavy atom. The van der Waals surface area contributed by atoms with Gasteiger partial charge in [0.2, 0.25) is 5.84 Å². The molecule has 2 aliphatic heterocycles. The van der Waals surface area contributed by atoms with Gasteiger partial charge in [-0.2, -0.15) is 19.0 Å². The van der Waals surface area contributed by atoms with Gasteiger partial charge in [0, 0.05) is 6.20 Å². The molecule has 1 atom stereocenters. The standard InChI is InChI=1S/C18H20BF2N7O2/c1-17(2,3)30-16(29)23-12-9-28-13(22-12)7-5-11(26-28)18(20,21)15-25-24-14-6-4-10(19)8-27(14)15/h4-9,14,24H,19H2,1-3H3,(H,23,29). The minimum absolute atomic E-state index is 0.136. The lowest BCUT2D eigenvalue weighted by molar-refractivity contribution is 0.0583. The fourth-order valence-electron chi connectivity index (χ4n) is 3.03. The number of hydrogen-bond donors (Lipinski definition) is 2. The molecule has 1 amide bonds. The molecule has 156 valence electrons. The Morgan fingerprint density at radius 1 is 1.33 bits per heavy atom. The minimum atomic E-state index is -3.46. The summed E-state index contributed by atoms with van der Waals surface area (Å²) in [6, 6.07) is 2.58. The van der Waals surface area contributed by atoms with Crippen molar-refractivity contribution in [3.8, 4) is 0 Å². The molecule has 9 nitrogen and oxygen atoms in total. The minimum Gasteiger partial charge on any atom is -0.444 e. The molecule has 0 fully saturated rings. The lowest BCUT2D eigenvalue weighted by Crippen LogP contribution is -2.43. The van der Waals surface area contributed by atoms with Crippen LogP contribution < -0.4 is 10.7 Å². The molecule has 0 aliphatic carbocycles. The Morgan fingerprint density at radius 3 is 2.83 bits per heavy atom. The molecule has 2 aromatic heterocycles. The number of amidine groups is 1. The Bertz CT molecular complexity index is 1100. The molecule has 4 rings (SSSR count). The number of amides is 1. The molecule has 0 spiro atoms. The van der Waals surface area contributed by atoms with Crippen molar-refractivity contribution < 1.29 is 18.3 Å². The summed E-state index contributed by atoms with van der Waals surface area (Å²) in [4.78, 5) is 17.4. The normalized spacial score (nSPS) is 18.6. The third-order valence-electron chi connectivity index (χ3n) is 4.28. The third-order valence-corrected chi connectivity index (χ3v) is 4.28. The van der Waals surface area contributed by atoms with E-state index in [-0.39, 0.29) is 5.82 Å². The number of nitrogens with zero attached hydrogens (tertiary/aromatic N) is 5. The van der Waals surface area contributed by atoms with Crippen LogP contribution in [0.4, 0.5) is 19.4 Å². The van der Waals surface area contributed by atoms with Crippen molar-refractivity contribution >= 4 is 31.2 Å². The Labute approximate surface area is 171 Å². The molecule has 4 heterocycles. The van der Waals surface area contributed by atoms with Crippen LogP contribution in [0.1, 0.15) is 26.5 Å². The van der Waals surface area contributed by atoms with Gasteiger partial charge in [0.1, 0.15) is 25.3 Å². The zero-order chi connectivity index (χ0) is 21.7. The second kappa shape index (κ2) is 6.82. The van der Waals surface area contributed by atoms with Crippen molar-refractivity contribution in [3.05, 3.63) is 47.8 Å². The van der Waals surface area contributed by atoms with E-state index in [1.807, 2.05) is 13.9 Å². The van der Waals surface area contributed by atoms with Gasteiger partial charge >= 0.3 is 12.0 Å². The lowest BCUT2D eigenvalue weighted by Gasteiger charge is -2.28. The van der Waals surface area contributed by atoms with E-state index in [4.69, 9.17) is 4.74 Å². The van der Waals surface area contributed by atoms with Gasteiger partial charge in [0.05, 0.1) is 6.20 Å². The fourth-order valence-corrected chi connectivity index (χ4v) is 3.03. The number of nitrogens with one attached hydrogen (secondary N) is 2. The molecule has 0 saturated heterocycles. The van der Waals surface area contributed by atoms with Gasteiger partial charge in [0.15, 0.2) is 11.5 Å². The number of carbonyl (C=O) groups is 1. The summed E-state index contributed by atoms with van der Waals surface area (Å²) >= 11 is 0. The van der Waals surface area contributed by atoms with Crippen LogP contribution in [-0.4, -0.2) is 51.0 Å². The number of ether oxygens (including phenoxy) is 1. The molecule has 12 heteroatoms. The molecule has 2 aliphatic rings. The van der Waals surface area contributed by atoms with Crippen molar-refractivity contribution in [2.45, 2.75) is 38.5 Å². The third kappa shape index (κ3) is 3.72. The summed E-state index contributed by atoms with van der Waals surface area (Å²) in [6.45, 7) is 5.18. The zero-order valence-corrected chi connectivity index (χ0v) is 16.8. The summed E-state index contributed by atoms with van der Waals surface area (Å²) in [5.41, 5.74) is 2.62. The molecule has 0 bridgehead atoms. The molecule has 0 radical (unpaired) electrons. The number of rotatable bonds is 3. The number of hydrazone groups is 1. The van der Waals surface area contributed by atoms with E-state index in [1.165, 1.54) is 27.7 Å². The van der Waals surface area contributed by atoms with Gasteiger partial charge in [0.25, 0.3) is 0 Å². The van der Waals surface area contributed by atoms with Crippen molar-refractivity contribution in [2.24, 2.45) is 5.10 Å². The number of fused-ring (bicyclic) bond motifs is 2. The summed E-state index contributed by atoms with van der Waals surface area (Å²) < 4.78 is 36.8. The van der Waals surface area contributed by atoms with Crippen LogP contribution in [0.5, 0.6) is 0 Å². The van der Waals surface area contributed by atoms with Crippen LogP contribution in [0.15, 0.2) is 47.3 Å². The average molecular weight is 415 g/mol. The zero-order valence-electron chi connectivity index (χ0n) is 16.8. The monoisotopic (exact) mass is 415 g/mol. The van der Waals surface area contributed by atoms with E-state index in [0.29, 0.717) is 5.65 Å². The van der Waals surface area contributed by atoms with E-state index >= 15 is 8.78 Å². The van der Waals surface area contributed by atoms with Crippen LogP contribution in [0.25, 0.3) is 5.65 Å². The number of imidazole rings is 1. The molecular formula is C18H20BF2N7O2. The van der Waals surface area contributed by atoms with Crippen LogP contribution in [-0.2, 0) is 10.7 Å². The quantitative estimate of drug-likeness (QED) is 0.742. The first kappa shape index (κ1) is 19.9. The lowest BCUT2D eigenvalue weighted by atomic mass is 9.94. The number of halogens is 2. The Hall–Kier alpha value is -3.44. The maximum Gasteiger partial charge on any atom is 0.413 e. The number of allylic oxidation sites excluding steroid dienone is 2. The summed E-state index contributed by atoms with van der Waals surface area (Å²) in [5.74, 6) is -3.77. The van der Waals surface area contributed by atoms with E-state index in [2.05, 4.69) is 25.9 Å². The van der Waals surface area contributed by atoms with E-state index < -0.39 is 35.3 Å². The number of anilines is 1. The molecule has 30 heavy (non-hydrogen) atoms. The highest BCUT2D eigenvalue weighted by Crippen LogP contribution is 2.33. The number of alkyl halides is 2. The van der Waals surface area contributed by atoms with Gasteiger partial charge in [-0.05, 0) is 39.0 Å². The van der Waals surface area contributed by atoms with Gasteiger partial charge in [-0.1, -0.05) is 11.5 Å². The number of aromatic nitrogens is 3. The summed E-state index contributed by atoms with van der Waals surface area (Å²) in [5, 5.41) is 10.3. The Balaban J connectivity index is 1.59. The van der Waals surface area contributed by atoms with E-state index in [9.17, 15) is 4.79 Å². The molecule has 0 saturated carbocycles. The highest BCUT2D eigenvalue weighted by Gasteiger charge is 2.47. The van der Waals surface area contributed by atoms with Gasteiger partial charge < -0.3 is 9.64 Å². The first-order chi connectivity index (χ1) is 14.0. The second-order valence-electron chi connectivity index (χ2n) is 8.00. The fraction of sp³-hybridized carbons (Fsp3) is 0.333. The van der Waals surface area contributed by atoms with Crippen LogP contribution in [0.2, 0.25) is 0 Å². The summed E-state index contributed by atoms with van der Waals surface area (Å²) in [7, 11) is 1.82. The molecule has 2 N–H and O–H groups in total. The van der Waals surface area contributed by atoms with Crippen LogP contribution in [0.3, 0.4) is 0 Å². The van der Waals surface area contributed by atoms with Gasteiger partial charge in [-0.25, -0.2) is 14.3 Å². The Kier molecular flexibility index (Phi) is 4.51. The highest BCUT2D eigenvalue weighted by atomic mass is 19.3. The molecule has 1 unspecified atom stereocenters. The topological polar surface area (TPSA) is 96.2 Å². The van der Waals surface area contributed by atoms with Crippen molar-refractivity contribution in [2.75, 3.05) is 5.32 Å². The van der Waals surface area contributed by atoms with Crippen LogP contribution in [0, 0.1) is 0 Å². The number of hydrogen-bond acceptors (Lipinski definition) is 7. The van der Waals surface area contributed by atoms with Gasteiger partial charge in [-0.3, -0.25) is 10.7 Å².